The number of carbonyl (C=O) groups excluding carboxylic acids is 2. The van der Waals surface area contributed by atoms with Gasteiger partial charge in [-0.2, -0.15) is 5.26 Å². The van der Waals surface area contributed by atoms with Crippen molar-refractivity contribution in [3.8, 4) is 6.07 Å². The van der Waals surface area contributed by atoms with Crippen LogP contribution in [0.4, 0.5) is 5.69 Å². The highest BCUT2D eigenvalue weighted by Gasteiger charge is 2.09. The number of esters is 1. The molecule has 0 bridgehead atoms. The van der Waals surface area contributed by atoms with Crippen molar-refractivity contribution in [3.63, 3.8) is 0 Å². The Morgan fingerprint density at radius 1 is 1.47 bits per heavy atom. The number of rotatable bonds is 3. The van der Waals surface area contributed by atoms with Crippen molar-refractivity contribution in [1.29, 1.82) is 5.26 Å². The molecule has 88 valence electrons. The van der Waals surface area contributed by atoms with E-state index in [9.17, 15) is 9.59 Å². The van der Waals surface area contributed by atoms with Gasteiger partial charge in [-0.25, -0.2) is 4.79 Å². The molecule has 0 aliphatic carbocycles. The summed E-state index contributed by atoms with van der Waals surface area (Å²) in [5, 5.41) is 10.9. The fourth-order valence-electron chi connectivity index (χ4n) is 1.31. The second-order valence-electron chi connectivity index (χ2n) is 3.40. The van der Waals surface area contributed by atoms with E-state index in [-0.39, 0.29) is 12.3 Å². The summed E-state index contributed by atoms with van der Waals surface area (Å²) in [6.45, 7) is 1.76. The Labute approximate surface area is 99.0 Å². The number of benzene rings is 1. The van der Waals surface area contributed by atoms with E-state index in [1.165, 1.54) is 7.11 Å². The number of hydrogen-bond acceptors (Lipinski definition) is 4. The molecule has 0 heterocycles. The van der Waals surface area contributed by atoms with Crippen molar-refractivity contribution in [1.82, 2.24) is 0 Å². The first-order valence-electron chi connectivity index (χ1n) is 4.94. The molecule has 1 rings (SSSR count). The maximum Gasteiger partial charge on any atom is 0.337 e. The molecule has 0 saturated heterocycles. The van der Waals surface area contributed by atoms with Gasteiger partial charge in [0.1, 0.15) is 6.42 Å². The fraction of sp³-hybridized carbons (Fsp3) is 0.250. The zero-order valence-corrected chi connectivity index (χ0v) is 9.61. The van der Waals surface area contributed by atoms with E-state index < -0.39 is 5.97 Å². The predicted octanol–water partition coefficient (Wildman–Crippen LogP) is 1.63. The van der Waals surface area contributed by atoms with E-state index in [0.717, 1.165) is 5.56 Å². The minimum Gasteiger partial charge on any atom is -0.465 e. The van der Waals surface area contributed by atoms with Crippen LogP contribution in [0.15, 0.2) is 18.2 Å². The van der Waals surface area contributed by atoms with E-state index >= 15 is 0 Å². The number of methoxy groups -OCH3 is 1. The summed E-state index contributed by atoms with van der Waals surface area (Å²) in [4.78, 5) is 22.5. The smallest absolute Gasteiger partial charge is 0.337 e. The van der Waals surface area contributed by atoms with Gasteiger partial charge in [-0.05, 0) is 30.7 Å². The Kier molecular flexibility index (Phi) is 4.23. The third-order valence-corrected chi connectivity index (χ3v) is 2.16. The summed E-state index contributed by atoms with van der Waals surface area (Å²) in [5.41, 5.74) is 1.74. The predicted molar refractivity (Wildman–Crippen MR) is 61.4 cm³/mol. The standard InChI is InChI=1S/C12H12N2O3/c1-8-7-9(12(16)17-2)3-4-10(8)14-11(15)5-6-13/h3-4,7H,5H2,1-2H3,(H,14,15). The number of ether oxygens (including phenoxy) is 1. The summed E-state index contributed by atoms with van der Waals surface area (Å²) < 4.78 is 4.58. The first-order valence-corrected chi connectivity index (χ1v) is 4.94. The molecule has 0 saturated carbocycles. The average Bonchev–Trinajstić information content (AvgIpc) is 2.31. The van der Waals surface area contributed by atoms with Gasteiger partial charge in [-0.1, -0.05) is 0 Å². The highest BCUT2D eigenvalue weighted by molar-refractivity contribution is 5.94. The van der Waals surface area contributed by atoms with Crippen molar-refractivity contribution < 1.29 is 14.3 Å². The lowest BCUT2D eigenvalue weighted by molar-refractivity contribution is -0.115. The van der Waals surface area contributed by atoms with Gasteiger partial charge in [-0.3, -0.25) is 4.79 Å². The number of nitrogens with one attached hydrogen (secondary N) is 1. The summed E-state index contributed by atoms with van der Waals surface area (Å²) in [5.74, 6) is -0.801. The Balaban J connectivity index is 2.87. The Morgan fingerprint density at radius 2 is 2.18 bits per heavy atom. The normalized spacial score (nSPS) is 9.24. The van der Waals surface area contributed by atoms with Crippen molar-refractivity contribution in [2.24, 2.45) is 0 Å². The summed E-state index contributed by atoms with van der Waals surface area (Å²) in [6.07, 6.45) is -0.196. The van der Waals surface area contributed by atoms with Crippen LogP contribution in [0.25, 0.3) is 0 Å². The maximum atomic E-state index is 11.2. The highest BCUT2D eigenvalue weighted by Crippen LogP contribution is 2.17. The van der Waals surface area contributed by atoms with Crippen molar-refractivity contribution in [3.05, 3.63) is 29.3 Å². The molecule has 1 amide bonds. The Hall–Kier alpha value is -2.35. The van der Waals surface area contributed by atoms with Gasteiger partial charge in [-0.15, -0.1) is 0 Å². The van der Waals surface area contributed by atoms with Crippen LogP contribution >= 0.6 is 0 Å². The molecule has 1 N–H and O–H groups in total. The number of anilines is 1. The second-order valence-corrected chi connectivity index (χ2v) is 3.40. The molecule has 0 atom stereocenters. The van der Waals surface area contributed by atoms with Crippen LogP contribution in [0.3, 0.4) is 0 Å². The first kappa shape index (κ1) is 12.7. The molecule has 0 radical (unpaired) electrons. The van der Waals surface area contributed by atoms with Crippen molar-refractivity contribution >= 4 is 17.6 Å². The number of aryl methyl sites for hydroxylation is 1. The third-order valence-electron chi connectivity index (χ3n) is 2.16. The van der Waals surface area contributed by atoms with Crippen molar-refractivity contribution in [2.45, 2.75) is 13.3 Å². The molecule has 5 heteroatoms. The molecular weight excluding hydrogens is 220 g/mol. The molecule has 17 heavy (non-hydrogen) atoms. The van der Waals surface area contributed by atoms with Gasteiger partial charge >= 0.3 is 5.97 Å². The molecule has 5 nitrogen and oxygen atoms in total. The first-order chi connectivity index (χ1) is 8.08. The number of amides is 1. The molecule has 0 spiro atoms. The van der Waals surface area contributed by atoms with E-state index in [4.69, 9.17) is 5.26 Å². The van der Waals surface area contributed by atoms with Crippen LogP contribution in [0.5, 0.6) is 0 Å². The lowest BCUT2D eigenvalue weighted by Gasteiger charge is -2.08. The molecule has 0 unspecified atom stereocenters. The zero-order chi connectivity index (χ0) is 12.8. The molecule has 0 aromatic heterocycles. The molecule has 0 aliphatic heterocycles. The summed E-state index contributed by atoms with van der Waals surface area (Å²) in [7, 11) is 1.31. The third kappa shape index (κ3) is 3.31. The average molecular weight is 232 g/mol. The highest BCUT2D eigenvalue weighted by atomic mass is 16.5. The SMILES string of the molecule is COC(=O)c1ccc(NC(=O)CC#N)c(C)c1. The van der Waals surface area contributed by atoms with Gasteiger partial charge in [0, 0.05) is 5.69 Å². The van der Waals surface area contributed by atoms with Crippen molar-refractivity contribution in [2.75, 3.05) is 12.4 Å². The minimum absolute atomic E-state index is 0.196. The Morgan fingerprint density at radius 3 is 2.71 bits per heavy atom. The quantitative estimate of drug-likeness (QED) is 0.803. The van der Waals surface area contributed by atoms with Crippen LogP contribution < -0.4 is 5.32 Å². The van der Waals surface area contributed by atoms with Gasteiger partial charge < -0.3 is 10.1 Å². The van der Waals surface area contributed by atoms with E-state index in [1.807, 2.05) is 0 Å². The lowest BCUT2D eigenvalue weighted by atomic mass is 10.1. The number of nitrogens with zero attached hydrogens (tertiary/aromatic N) is 1. The zero-order valence-electron chi connectivity index (χ0n) is 9.61. The largest absolute Gasteiger partial charge is 0.465 e. The van der Waals surface area contributed by atoms with Gasteiger partial charge in [0.25, 0.3) is 0 Å². The van der Waals surface area contributed by atoms with Crippen LogP contribution in [-0.4, -0.2) is 19.0 Å². The van der Waals surface area contributed by atoms with Gasteiger partial charge in [0.05, 0.1) is 18.7 Å². The molecular formula is C12H12N2O3. The number of nitriles is 1. The van der Waals surface area contributed by atoms with E-state index in [0.29, 0.717) is 11.3 Å². The van der Waals surface area contributed by atoms with Crippen LogP contribution in [-0.2, 0) is 9.53 Å². The summed E-state index contributed by atoms with van der Waals surface area (Å²) in [6, 6.07) is 6.54. The Bertz CT molecular complexity index is 489. The van der Waals surface area contributed by atoms with Gasteiger partial charge in [0.15, 0.2) is 0 Å². The monoisotopic (exact) mass is 232 g/mol. The molecule has 1 aromatic rings. The molecule has 1 aromatic carbocycles. The molecule has 0 aliphatic rings. The van der Waals surface area contributed by atoms with Crippen LogP contribution in [0.1, 0.15) is 22.3 Å². The summed E-state index contributed by atoms with van der Waals surface area (Å²) >= 11 is 0. The topological polar surface area (TPSA) is 79.2 Å². The maximum absolute atomic E-state index is 11.2. The molecule has 0 fully saturated rings. The van der Waals surface area contributed by atoms with Crippen LogP contribution in [0.2, 0.25) is 0 Å². The van der Waals surface area contributed by atoms with E-state index in [1.54, 1.807) is 31.2 Å². The van der Waals surface area contributed by atoms with E-state index in [2.05, 4.69) is 10.1 Å². The minimum atomic E-state index is -0.428. The number of hydrogen-bond donors (Lipinski definition) is 1. The van der Waals surface area contributed by atoms with Crippen LogP contribution in [0, 0.1) is 18.3 Å². The lowest BCUT2D eigenvalue weighted by Crippen LogP contribution is -2.11. The second kappa shape index (κ2) is 5.66. The fourth-order valence-corrected chi connectivity index (χ4v) is 1.31. The van der Waals surface area contributed by atoms with Gasteiger partial charge in [0.2, 0.25) is 5.91 Å². The number of carbonyl (C=O) groups is 2.